The molecule has 2 aliphatic heterocycles. The second-order valence-electron chi connectivity index (χ2n) is 24.4. The number of benzene rings is 5. The lowest BCUT2D eigenvalue weighted by atomic mass is 9.79. The van der Waals surface area contributed by atoms with Gasteiger partial charge < -0.3 is 48.7 Å². The Morgan fingerprint density at radius 3 is 1.68 bits per heavy atom. The number of nitrogens with zero attached hydrogens (tertiary/aromatic N) is 7. The quantitative estimate of drug-likeness (QED) is 0.0275. The molecule has 0 unspecified atom stereocenters. The summed E-state index contributed by atoms with van der Waals surface area (Å²) in [5, 5.41) is 5.63. The van der Waals surface area contributed by atoms with Gasteiger partial charge in [-0.1, -0.05) is 188 Å². The van der Waals surface area contributed by atoms with Crippen molar-refractivity contribution in [3.05, 3.63) is 209 Å². The Morgan fingerprint density at radius 1 is 0.589 bits per heavy atom. The van der Waals surface area contributed by atoms with Gasteiger partial charge in [0, 0.05) is 63.4 Å². The van der Waals surface area contributed by atoms with E-state index in [2.05, 4.69) is 27.5 Å². The number of nitrogens with one attached hydrogen (secondary N) is 2. The molecule has 3 aromatic heterocycles. The van der Waals surface area contributed by atoms with E-state index in [1.807, 2.05) is 102 Å². The summed E-state index contributed by atoms with van der Waals surface area (Å²) in [5.74, 6) is 0.0236. The maximum absolute atomic E-state index is 15.8. The van der Waals surface area contributed by atoms with Gasteiger partial charge in [-0.2, -0.15) is 4.98 Å². The topological polar surface area (TPSA) is 222 Å². The number of carbonyl (C=O) groups is 3. The van der Waals surface area contributed by atoms with Gasteiger partial charge in [0.1, 0.15) is 41.5 Å². The average Bonchev–Trinajstić information content (AvgIpc) is 1.74. The van der Waals surface area contributed by atoms with Crippen molar-refractivity contribution in [2.24, 2.45) is 5.92 Å². The summed E-state index contributed by atoms with van der Waals surface area (Å²) < 4.78 is 48.4. The number of unbranched alkanes of at least 4 members (excludes halogenated alkanes) is 14. The van der Waals surface area contributed by atoms with E-state index in [4.69, 9.17) is 43.1 Å². The minimum Gasteiger partial charge on any atom is -0.497 e. The van der Waals surface area contributed by atoms with Gasteiger partial charge in [-0.3, -0.25) is 23.5 Å². The van der Waals surface area contributed by atoms with Crippen LogP contribution in [-0.2, 0) is 34.1 Å². The van der Waals surface area contributed by atoms with Crippen LogP contribution in [0.4, 0.5) is 11.6 Å². The van der Waals surface area contributed by atoms with E-state index in [0.29, 0.717) is 40.3 Å². The molecule has 501 valence electrons. The zero-order valence-corrected chi connectivity index (χ0v) is 55.3. The first-order valence-corrected chi connectivity index (χ1v) is 33.5. The van der Waals surface area contributed by atoms with Gasteiger partial charge in [-0.25, -0.2) is 19.7 Å². The number of carbonyl (C=O) groups excluding carboxylic acids is 3. The minimum atomic E-state index is -1.25. The first-order chi connectivity index (χ1) is 46.5. The van der Waals surface area contributed by atoms with E-state index in [9.17, 15) is 14.4 Å². The molecule has 8 aromatic rings. The highest BCUT2D eigenvalue weighted by Crippen LogP contribution is 2.46. The average molecular weight is 1290 g/mol. The normalized spacial score (nSPS) is 18.6. The van der Waals surface area contributed by atoms with Crippen LogP contribution >= 0.6 is 0 Å². The van der Waals surface area contributed by atoms with Gasteiger partial charge in [0.2, 0.25) is 5.91 Å². The van der Waals surface area contributed by atoms with Crippen LogP contribution in [-0.4, -0.2) is 124 Å². The highest BCUT2D eigenvalue weighted by molar-refractivity contribution is 6.06. The predicted octanol–water partition coefficient (Wildman–Crippen LogP) is 13.3. The molecule has 10 rings (SSSR count). The number of rotatable bonds is 36. The fourth-order valence-corrected chi connectivity index (χ4v) is 13.0. The van der Waals surface area contributed by atoms with Crippen LogP contribution < -0.4 is 25.8 Å². The predicted molar refractivity (Wildman–Crippen MR) is 364 cm³/mol. The summed E-state index contributed by atoms with van der Waals surface area (Å²) in [6.07, 6.45) is 19.5. The molecule has 2 saturated heterocycles. The second-order valence-corrected chi connectivity index (χ2v) is 24.4. The number of amides is 3. The maximum atomic E-state index is 15.8. The number of ether oxygens (including phenoxy) is 7. The van der Waals surface area contributed by atoms with Gasteiger partial charge >= 0.3 is 5.69 Å². The first-order valence-electron chi connectivity index (χ1n) is 33.5. The number of anilines is 2. The Bertz CT molecular complexity index is 3700. The SMILES string of the molecule is CCCCCCCCCCCCCCCCCN(C[C@H]1[CH][C@@H](OC)[C@H](n2ccc(NC(=O)c3ccccc3)nc2=O)O1)C(=O)C[C@H]1[C@@H](OC)[C@H](n2cnc3c(NC(=O)c4ccccc4)ncnc32)O[C@@H]1COC(c1ccccc1)(c1ccc(OC)cc1)c1ccc(OC)cc1. The van der Waals surface area contributed by atoms with Crippen LogP contribution in [0, 0.1) is 12.3 Å². The van der Waals surface area contributed by atoms with Gasteiger partial charge in [-0.15, -0.1) is 0 Å². The molecule has 0 saturated carbocycles. The van der Waals surface area contributed by atoms with Crippen LogP contribution in [0.2, 0.25) is 0 Å². The summed E-state index contributed by atoms with van der Waals surface area (Å²) in [6.45, 7) is 2.78. The summed E-state index contributed by atoms with van der Waals surface area (Å²) in [6, 6.07) is 44.6. The van der Waals surface area contributed by atoms with Crippen LogP contribution in [0.5, 0.6) is 11.5 Å². The fourth-order valence-electron chi connectivity index (χ4n) is 13.0. The van der Waals surface area contributed by atoms with Crippen molar-refractivity contribution < 1.29 is 47.5 Å². The third-order valence-corrected chi connectivity index (χ3v) is 18.2. The molecule has 1 radical (unpaired) electrons. The molecule has 5 aromatic carbocycles. The number of imidazole rings is 1. The molecule has 0 spiro atoms. The van der Waals surface area contributed by atoms with Crippen molar-refractivity contribution in [1.29, 1.82) is 0 Å². The Hall–Kier alpha value is -8.66. The van der Waals surface area contributed by atoms with E-state index < -0.39 is 60.0 Å². The number of methoxy groups -OCH3 is 4. The van der Waals surface area contributed by atoms with Crippen molar-refractivity contribution in [1.82, 2.24) is 34.0 Å². The summed E-state index contributed by atoms with van der Waals surface area (Å²) in [4.78, 5) is 76.1. The molecule has 20 heteroatoms. The van der Waals surface area contributed by atoms with Gasteiger partial charge in [-0.05, 0) is 77.7 Å². The lowest BCUT2D eigenvalue weighted by molar-refractivity contribution is -0.136. The van der Waals surface area contributed by atoms with Crippen LogP contribution in [0.1, 0.15) is 160 Å². The van der Waals surface area contributed by atoms with Crippen molar-refractivity contribution in [2.45, 2.75) is 152 Å². The number of aromatic nitrogens is 6. The zero-order chi connectivity index (χ0) is 66.4. The first kappa shape index (κ1) is 69.2. The number of hydrogen-bond donors (Lipinski definition) is 2. The standard InChI is InChI=1S/C75H90N9O11/c1-6-7-8-9-10-11-12-13-14-15-16-17-18-19-29-45-82(49-60-47-62(91-4)72(94-60)83-46-44-64(80-74(83)88)79-70(86)53-30-23-20-24-31-53)65(85)48-61-63(95-73(67(61)92-5)84-52-78-66-68(76-51-77-69(66)84)81-71(87)54-32-25-21-26-33-54)50-93-75(55-34-27-22-28-35-55,56-36-40-58(89-2)41-37-56)57-38-42-59(90-3)43-39-57/h20-28,30-44,46-47,51-52,60-63,67,72-73H,6-19,29,45,48-50H2,1-5H3,(H,76,77,81,87)(H,79,80,86,88)/t60-,61-,62-,63-,67-,72-,73-/m1/s1. The van der Waals surface area contributed by atoms with Crippen molar-refractivity contribution in [2.75, 3.05) is 58.8 Å². The van der Waals surface area contributed by atoms with E-state index in [-0.39, 0.29) is 43.0 Å². The molecule has 7 atom stereocenters. The molecular weight excluding hydrogens is 1200 g/mol. The van der Waals surface area contributed by atoms with Gasteiger partial charge in [0.15, 0.2) is 29.4 Å². The Balaban J connectivity index is 0.942. The molecule has 95 heavy (non-hydrogen) atoms. The molecule has 0 aliphatic carbocycles. The summed E-state index contributed by atoms with van der Waals surface area (Å²) in [5.41, 5.74) is 2.09. The molecule has 2 fully saturated rings. The van der Waals surface area contributed by atoms with Crippen molar-refractivity contribution in [3.63, 3.8) is 0 Å². The van der Waals surface area contributed by atoms with Crippen LogP contribution in [0.25, 0.3) is 11.2 Å². The third-order valence-electron chi connectivity index (χ3n) is 18.2. The fraction of sp³-hybridized carbons (Fsp3) is 0.427. The molecule has 0 bridgehead atoms. The van der Waals surface area contributed by atoms with E-state index in [1.165, 1.54) is 87.7 Å². The number of hydrogen-bond acceptors (Lipinski definition) is 15. The van der Waals surface area contributed by atoms with Crippen molar-refractivity contribution >= 4 is 40.5 Å². The number of fused-ring (bicyclic) bond motifs is 1. The molecule has 5 heterocycles. The Kier molecular flexibility index (Phi) is 25.2. The lowest BCUT2D eigenvalue weighted by Gasteiger charge is -2.37. The largest absolute Gasteiger partial charge is 0.497 e. The molecule has 3 amide bonds. The summed E-state index contributed by atoms with van der Waals surface area (Å²) >= 11 is 0. The van der Waals surface area contributed by atoms with Crippen molar-refractivity contribution in [3.8, 4) is 11.5 Å². The summed E-state index contributed by atoms with van der Waals surface area (Å²) in [7, 11) is 6.40. The second kappa shape index (κ2) is 34.7. The highest BCUT2D eigenvalue weighted by Gasteiger charge is 2.50. The van der Waals surface area contributed by atoms with Crippen LogP contribution in [0.3, 0.4) is 0 Å². The van der Waals surface area contributed by atoms with Gasteiger partial charge in [0.05, 0.1) is 39.4 Å². The molecular formula is C75H90N9O11. The van der Waals surface area contributed by atoms with E-state index in [1.54, 1.807) is 93.9 Å². The lowest BCUT2D eigenvalue weighted by Crippen LogP contribution is -2.43. The molecule has 2 aliphatic rings. The molecule has 20 nitrogen and oxygen atoms in total. The monoisotopic (exact) mass is 1290 g/mol. The molecule has 2 N–H and O–H groups in total. The Labute approximate surface area is 557 Å². The van der Waals surface area contributed by atoms with E-state index in [0.717, 1.165) is 42.4 Å². The minimum absolute atomic E-state index is 0.0470. The highest BCUT2D eigenvalue weighted by atomic mass is 16.6. The maximum Gasteiger partial charge on any atom is 0.351 e. The smallest absolute Gasteiger partial charge is 0.351 e. The Morgan fingerprint density at radius 2 is 1.14 bits per heavy atom. The zero-order valence-electron chi connectivity index (χ0n) is 55.3. The van der Waals surface area contributed by atoms with Crippen LogP contribution in [0.15, 0.2) is 169 Å². The third kappa shape index (κ3) is 17.4. The van der Waals surface area contributed by atoms with Gasteiger partial charge in [0.25, 0.3) is 11.8 Å². The van der Waals surface area contributed by atoms with E-state index >= 15 is 4.79 Å².